The topological polar surface area (TPSA) is 72.3 Å². The van der Waals surface area contributed by atoms with Crippen molar-refractivity contribution in [2.24, 2.45) is 11.5 Å². The highest BCUT2D eigenvalue weighted by molar-refractivity contribution is 6.30. The lowest BCUT2D eigenvalue weighted by Gasteiger charge is -2.10. The van der Waals surface area contributed by atoms with Crippen LogP contribution in [0.15, 0.2) is 18.2 Å². The number of phenols is 1. The van der Waals surface area contributed by atoms with Crippen molar-refractivity contribution in [1.82, 2.24) is 0 Å². The van der Waals surface area contributed by atoms with Gasteiger partial charge in [0.25, 0.3) is 0 Å². The van der Waals surface area contributed by atoms with E-state index in [1.165, 1.54) is 6.07 Å². The highest BCUT2D eigenvalue weighted by Gasteiger charge is 2.08. The summed E-state index contributed by atoms with van der Waals surface area (Å²) in [6.45, 7) is 0.286. The van der Waals surface area contributed by atoms with Crippen LogP contribution in [0, 0.1) is 0 Å². The van der Waals surface area contributed by atoms with Gasteiger partial charge in [-0.15, -0.1) is 0 Å². The highest BCUT2D eigenvalue weighted by atomic mass is 35.5. The molecular formula is C8H11ClN2O. The van der Waals surface area contributed by atoms with Gasteiger partial charge in [0.1, 0.15) is 5.75 Å². The van der Waals surface area contributed by atoms with Gasteiger partial charge in [0, 0.05) is 23.2 Å². The summed E-state index contributed by atoms with van der Waals surface area (Å²) in [4.78, 5) is 0. The maximum atomic E-state index is 9.34. The van der Waals surface area contributed by atoms with E-state index in [0.29, 0.717) is 10.6 Å². The van der Waals surface area contributed by atoms with Gasteiger partial charge in [-0.2, -0.15) is 0 Å². The Kier molecular flexibility index (Phi) is 2.92. The molecule has 1 rings (SSSR count). The van der Waals surface area contributed by atoms with Crippen LogP contribution in [-0.4, -0.2) is 11.7 Å². The second kappa shape index (κ2) is 3.76. The molecule has 66 valence electrons. The van der Waals surface area contributed by atoms with Crippen molar-refractivity contribution in [2.75, 3.05) is 6.54 Å². The van der Waals surface area contributed by atoms with Crippen molar-refractivity contribution in [3.8, 4) is 5.75 Å². The Bertz CT molecular complexity index is 278. The van der Waals surface area contributed by atoms with Gasteiger partial charge in [-0.3, -0.25) is 0 Å². The Labute approximate surface area is 75.9 Å². The van der Waals surface area contributed by atoms with Crippen LogP contribution in [0.5, 0.6) is 5.75 Å². The first-order valence-corrected chi connectivity index (χ1v) is 3.97. The number of aromatic hydroxyl groups is 1. The second-order valence-corrected chi connectivity index (χ2v) is 2.98. The molecule has 3 nitrogen and oxygen atoms in total. The third kappa shape index (κ3) is 1.88. The molecule has 0 aliphatic rings. The van der Waals surface area contributed by atoms with E-state index in [-0.39, 0.29) is 18.3 Å². The third-order valence-electron chi connectivity index (χ3n) is 1.64. The smallest absolute Gasteiger partial charge is 0.120 e. The Morgan fingerprint density at radius 1 is 1.50 bits per heavy atom. The molecule has 0 radical (unpaired) electrons. The summed E-state index contributed by atoms with van der Waals surface area (Å²) in [5.74, 6) is 0.136. The van der Waals surface area contributed by atoms with Crippen LogP contribution < -0.4 is 11.5 Å². The number of phenolic OH excluding ortho intramolecular Hbond substituents is 1. The van der Waals surface area contributed by atoms with Crippen LogP contribution in [0.1, 0.15) is 11.6 Å². The van der Waals surface area contributed by atoms with Gasteiger partial charge in [0.15, 0.2) is 0 Å². The number of hydrogen-bond acceptors (Lipinski definition) is 3. The lowest BCUT2D eigenvalue weighted by molar-refractivity contribution is 0.462. The summed E-state index contributed by atoms with van der Waals surface area (Å²) in [7, 11) is 0. The molecule has 0 aliphatic heterocycles. The van der Waals surface area contributed by atoms with E-state index in [9.17, 15) is 5.11 Å². The van der Waals surface area contributed by atoms with E-state index in [2.05, 4.69) is 0 Å². The molecule has 0 aliphatic carbocycles. The largest absolute Gasteiger partial charge is 0.508 e. The SMILES string of the molecule is NC[C@@H](N)c1cc(Cl)ccc1O. The van der Waals surface area contributed by atoms with Gasteiger partial charge < -0.3 is 16.6 Å². The van der Waals surface area contributed by atoms with Gasteiger partial charge in [-0.25, -0.2) is 0 Å². The van der Waals surface area contributed by atoms with Crippen LogP contribution in [-0.2, 0) is 0 Å². The molecule has 12 heavy (non-hydrogen) atoms. The van der Waals surface area contributed by atoms with E-state index >= 15 is 0 Å². The number of halogens is 1. The average molecular weight is 187 g/mol. The zero-order valence-corrected chi connectivity index (χ0v) is 7.25. The van der Waals surface area contributed by atoms with E-state index in [1.54, 1.807) is 12.1 Å². The van der Waals surface area contributed by atoms with Crippen molar-refractivity contribution < 1.29 is 5.11 Å². The van der Waals surface area contributed by atoms with Crippen molar-refractivity contribution in [3.63, 3.8) is 0 Å². The fourth-order valence-corrected chi connectivity index (χ4v) is 1.13. The Morgan fingerprint density at radius 2 is 2.17 bits per heavy atom. The van der Waals surface area contributed by atoms with Gasteiger partial charge in [-0.05, 0) is 18.2 Å². The molecular weight excluding hydrogens is 176 g/mol. The van der Waals surface area contributed by atoms with Crippen molar-refractivity contribution in [3.05, 3.63) is 28.8 Å². The van der Waals surface area contributed by atoms with Crippen LogP contribution in [0.2, 0.25) is 5.02 Å². The average Bonchev–Trinajstić information content (AvgIpc) is 2.08. The minimum Gasteiger partial charge on any atom is -0.508 e. The number of hydrogen-bond donors (Lipinski definition) is 3. The lowest BCUT2D eigenvalue weighted by Crippen LogP contribution is -2.20. The molecule has 0 saturated carbocycles. The lowest BCUT2D eigenvalue weighted by atomic mass is 10.1. The Hall–Kier alpha value is -0.770. The molecule has 1 aromatic carbocycles. The Morgan fingerprint density at radius 3 is 2.75 bits per heavy atom. The van der Waals surface area contributed by atoms with E-state index in [4.69, 9.17) is 23.1 Å². The first-order valence-electron chi connectivity index (χ1n) is 3.59. The highest BCUT2D eigenvalue weighted by Crippen LogP contribution is 2.25. The van der Waals surface area contributed by atoms with E-state index < -0.39 is 0 Å². The molecule has 0 amide bonds. The van der Waals surface area contributed by atoms with Gasteiger partial charge >= 0.3 is 0 Å². The van der Waals surface area contributed by atoms with Gasteiger partial charge in [0.2, 0.25) is 0 Å². The zero-order chi connectivity index (χ0) is 9.14. The Balaban J connectivity index is 3.04. The van der Waals surface area contributed by atoms with Crippen LogP contribution >= 0.6 is 11.6 Å². The maximum Gasteiger partial charge on any atom is 0.120 e. The summed E-state index contributed by atoms with van der Waals surface area (Å²) in [5.41, 5.74) is 11.6. The molecule has 0 bridgehead atoms. The fourth-order valence-electron chi connectivity index (χ4n) is 0.949. The van der Waals surface area contributed by atoms with E-state index in [1.807, 2.05) is 0 Å². The summed E-state index contributed by atoms with van der Waals surface area (Å²) < 4.78 is 0. The minimum atomic E-state index is -0.358. The monoisotopic (exact) mass is 186 g/mol. The molecule has 5 N–H and O–H groups in total. The first-order chi connectivity index (χ1) is 5.65. The standard InChI is InChI=1S/C8H11ClN2O/c9-5-1-2-8(12)6(3-5)7(11)4-10/h1-3,7,12H,4,10-11H2/t7-/m1/s1. The molecule has 0 unspecified atom stereocenters. The van der Waals surface area contributed by atoms with Gasteiger partial charge in [-0.1, -0.05) is 11.6 Å². The van der Waals surface area contributed by atoms with Crippen molar-refractivity contribution in [2.45, 2.75) is 6.04 Å². The molecule has 1 aromatic rings. The summed E-state index contributed by atoms with van der Waals surface area (Å²) in [6, 6.07) is 4.37. The van der Waals surface area contributed by atoms with Crippen LogP contribution in [0.3, 0.4) is 0 Å². The minimum absolute atomic E-state index is 0.136. The maximum absolute atomic E-state index is 9.34. The summed E-state index contributed by atoms with van der Waals surface area (Å²) in [6.07, 6.45) is 0. The molecule has 0 spiro atoms. The van der Waals surface area contributed by atoms with Crippen molar-refractivity contribution >= 4 is 11.6 Å². The molecule has 0 heterocycles. The van der Waals surface area contributed by atoms with Crippen LogP contribution in [0.25, 0.3) is 0 Å². The quantitative estimate of drug-likeness (QED) is 0.646. The predicted molar refractivity (Wildman–Crippen MR) is 49.1 cm³/mol. The normalized spacial score (nSPS) is 12.9. The fraction of sp³-hybridized carbons (Fsp3) is 0.250. The number of rotatable bonds is 2. The first kappa shape index (κ1) is 9.32. The molecule has 0 saturated heterocycles. The molecule has 0 aromatic heterocycles. The predicted octanol–water partition coefficient (Wildman–Crippen LogP) is 1.00. The van der Waals surface area contributed by atoms with Crippen molar-refractivity contribution in [1.29, 1.82) is 0 Å². The summed E-state index contributed by atoms with van der Waals surface area (Å²) in [5, 5.41) is 9.89. The van der Waals surface area contributed by atoms with Gasteiger partial charge in [0.05, 0.1) is 0 Å². The number of nitrogens with two attached hydrogens (primary N) is 2. The van der Waals surface area contributed by atoms with Crippen LogP contribution in [0.4, 0.5) is 0 Å². The molecule has 1 atom stereocenters. The molecule has 0 fully saturated rings. The third-order valence-corrected chi connectivity index (χ3v) is 1.88. The molecule has 4 heteroatoms. The van der Waals surface area contributed by atoms with E-state index in [0.717, 1.165) is 0 Å². The zero-order valence-electron chi connectivity index (χ0n) is 6.50. The second-order valence-electron chi connectivity index (χ2n) is 2.55. The number of benzene rings is 1. The summed E-state index contributed by atoms with van der Waals surface area (Å²) >= 11 is 5.71.